The fourth-order valence-corrected chi connectivity index (χ4v) is 3.20. The van der Waals surface area contributed by atoms with Crippen molar-refractivity contribution in [1.82, 2.24) is 0 Å². The number of hydrogen-bond acceptors (Lipinski definition) is 3. The summed E-state index contributed by atoms with van der Waals surface area (Å²) in [4.78, 5) is 24.4. The predicted molar refractivity (Wildman–Crippen MR) is 93.1 cm³/mol. The van der Waals surface area contributed by atoms with E-state index in [1.807, 2.05) is 49.4 Å². The topological polar surface area (TPSA) is 55.4 Å². The van der Waals surface area contributed by atoms with E-state index >= 15 is 0 Å². The van der Waals surface area contributed by atoms with E-state index in [1.165, 1.54) is 7.11 Å². The van der Waals surface area contributed by atoms with Crippen LogP contribution in [0.2, 0.25) is 0 Å². The van der Waals surface area contributed by atoms with Gasteiger partial charge >= 0.3 is 5.97 Å². The number of ether oxygens (including phenoxy) is 1. The van der Waals surface area contributed by atoms with Crippen LogP contribution in [0, 0.1) is 6.92 Å². The van der Waals surface area contributed by atoms with Crippen molar-refractivity contribution in [3.8, 4) is 0 Å². The third-order valence-corrected chi connectivity index (χ3v) is 4.76. The Bertz CT molecular complexity index is 761. The Hall–Kier alpha value is -2.62. The predicted octanol–water partition coefficient (Wildman–Crippen LogP) is 3.84. The molecule has 3 rings (SSSR count). The van der Waals surface area contributed by atoms with Crippen molar-refractivity contribution in [2.45, 2.75) is 31.6 Å². The van der Waals surface area contributed by atoms with Crippen LogP contribution in [0.4, 0.5) is 5.69 Å². The first-order chi connectivity index (χ1) is 11.5. The molecular formula is C20H21NO3. The lowest BCUT2D eigenvalue weighted by atomic mass is 9.64. The molecular weight excluding hydrogens is 302 g/mol. The van der Waals surface area contributed by atoms with E-state index in [0.717, 1.165) is 30.4 Å². The van der Waals surface area contributed by atoms with Gasteiger partial charge in [-0.1, -0.05) is 36.2 Å². The molecule has 1 aliphatic rings. The Morgan fingerprint density at radius 1 is 1.08 bits per heavy atom. The van der Waals surface area contributed by atoms with E-state index in [1.54, 1.807) is 6.07 Å². The van der Waals surface area contributed by atoms with Crippen molar-refractivity contribution < 1.29 is 14.3 Å². The van der Waals surface area contributed by atoms with E-state index in [2.05, 4.69) is 5.32 Å². The van der Waals surface area contributed by atoms with Crippen LogP contribution in [-0.4, -0.2) is 19.0 Å². The van der Waals surface area contributed by atoms with E-state index in [9.17, 15) is 9.59 Å². The molecule has 2 aromatic carbocycles. The van der Waals surface area contributed by atoms with Gasteiger partial charge in [-0.3, -0.25) is 9.59 Å². The van der Waals surface area contributed by atoms with Gasteiger partial charge in [-0.25, -0.2) is 0 Å². The van der Waals surface area contributed by atoms with Crippen LogP contribution in [0.25, 0.3) is 0 Å². The van der Waals surface area contributed by atoms with Gasteiger partial charge in [0, 0.05) is 11.3 Å². The molecule has 0 heterocycles. The zero-order valence-corrected chi connectivity index (χ0v) is 14.0. The Morgan fingerprint density at radius 3 is 2.33 bits per heavy atom. The van der Waals surface area contributed by atoms with Crippen molar-refractivity contribution in [2.75, 3.05) is 12.4 Å². The largest absolute Gasteiger partial charge is 0.468 e. The highest BCUT2D eigenvalue weighted by molar-refractivity contribution is 6.04. The van der Waals surface area contributed by atoms with Crippen molar-refractivity contribution in [3.05, 3.63) is 65.2 Å². The summed E-state index contributed by atoms with van der Waals surface area (Å²) in [5.74, 6) is -0.317. The second-order valence-electron chi connectivity index (χ2n) is 6.33. The molecule has 0 bridgehead atoms. The molecule has 1 N–H and O–H groups in total. The summed E-state index contributed by atoms with van der Waals surface area (Å²) in [6.07, 6.45) is 2.66. The highest BCUT2D eigenvalue weighted by Gasteiger charge is 2.46. The molecule has 2 aromatic rings. The number of methoxy groups -OCH3 is 1. The highest BCUT2D eigenvalue weighted by atomic mass is 16.5. The summed E-state index contributed by atoms with van der Waals surface area (Å²) in [5.41, 5.74) is 2.83. The van der Waals surface area contributed by atoms with Gasteiger partial charge in [0.1, 0.15) is 0 Å². The molecule has 0 aromatic heterocycles. The zero-order valence-electron chi connectivity index (χ0n) is 14.0. The number of rotatable bonds is 4. The molecule has 4 nitrogen and oxygen atoms in total. The fourth-order valence-electron chi connectivity index (χ4n) is 3.20. The van der Waals surface area contributed by atoms with Crippen molar-refractivity contribution in [1.29, 1.82) is 0 Å². The molecule has 1 aliphatic carbocycles. The lowest BCUT2D eigenvalue weighted by Gasteiger charge is -2.39. The minimum absolute atomic E-state index is 0.141. The van der Waals surface area contributed by atoms with E-state index in [0.29, 0.717) is 11.3 Å². The summed E-state index contributed by atoms with van der Waals surface area (Å²) in [6, 6.07) is 14.9. The Morgan fingerprint density at radius 2 is 1.79 bits per heavy atom. The number of benzene rings is 2. The SMILES string of the molecule is COC(=O)C1(c2ccc(NC(=O)c3cccc(C)c3)cc2)CCC1. The van der Waals surface area contributed by atoms with Crippen LogP contribution in [-0.2, 0) is 14.9 Å². The molecule has 0 spiro atoms. The molecule has 24 heavy (non-hydrogen) atoms. The van der Waals surface area contributed by atoms with Crippen LogP contribution in [0.3, 0.4) is 0 Å². The summed E-state index contributed by atoms with van der Waals surface area (Å²) in [7, 11) is 1.43. The van der Waals surface area contributed by atoms with E-state index in [4.69, 9.17) is 4.74 Å². The number of carbonyl (C=O) groups excluding carboxylic acids is 2. The molecule has 1 fully saturated rings. The van der Waals surface area contributed by atoms with Crippen LogP contribution in [0.1, 0.15) is 40.7 Å². The third-order valence-electron chi connectivity index (χ3n) is 4.76. The number of esters is 1. The number of hydrogen-bond donors (Lipinski definition) is 1. The Labute approximate surface area is 141 Å². The maximum atomic E-state index is 12.3. The molecule has 4 heteroatoms. The standard InChI is InChI=1S/C20H21NO3/c1-14-5-3-6-15(13-14)18(22)21-17-9-7-16(8-10-17)20(11-4-12-20)19(23)24-2/h3,5-10,13H,4,11-12H2,1-2H3,(H,21,22). The maximum absolute atomic E-state index is 12.3. The zero-order chi connectivity index (χ0) is 17.2. The third kappa shape index (κ3) is 2.92. The second kappa shape index (κ2) is 6.48. The second-order valence-corrected chi connectivity index (χ2v) is 6.33. The van der Waals surface area contributed by atoms with Gasteiger partial charge in [0.05, 0.1) is 12.5 Å². The number of aryl methyl sites for hydroxylation is 1. The first kappa shape index (κ1) is 16.2. The van der Waals surface area contributed by atoms with Gasteiger partial charge in [0.15, 0.2) is 0 Å². The monoisotopic (exact) mass is 323 g/mol. The summed E-state index contributed by atoms with van der Waals surface area (Å²) in [5, 5.41) is 2.89. The summed E-state index contributed by atoms with van der Waals surface area (Å²) >= 11 is 0. The minimum atomic E-state index is -0.506. The van der Waals surface area contributed by atoms with Gasteiger partial charge in [0.2, 0.25) is 0 Å². The quantitative estimate of drug-likeness (QED) is 0.870. The number of carbonyl (C=O) groups is 2. The van der Waals surface area contributed by atoms with Crippen molar-refractivity contribution >= 4 is 17.6 Å². The molecule has 1 saturated carbocycles. The van der Waals surface area contributed by atoms with Gasteiger partial charge < -0.3 is 10.1 Å². The fraction of sp³-hybridized carbons (Fsp3) is 0.300. The molecule has 0 atom stereocenters. The van der Waals surface area contributed by atoms with Crippen LogP contribution >= 0.6 is 0 Å². The lowest BCUT2D eigenvalue weighted by molar-refractivity contribution is -0.151. The van der Waals surface area contributed by atoms with E-state index in [-0.39, 0.29) is 11.9 Å². The first-order valence-corrected chi connectivity index (χ1v) is 8.12. The molecule has 0 aliphatic heterocycles. The van der Waals surface area contributed by atoms with E-state index < -0.39 is 5.41 Å². The van der Waals surface area contributed by atoms with Crippen molar-refractivity contribution in [2.24, 2.45) is 0 Å². The number of amides is 1. The minimum Gasteiger partial charge on any atom is -0.468 e. The normalized spacial score (nSPS) is 15.2. The number of nitrogens with one attached hydrogen (secondary N) is 1. The molecule has 0 unspecified atom stereocenters. The van der Waals surface area contributed by atoms with Crippen LogP contribution in [0.5, 0.6) is 0 Å². The van der Waals surface area contributed by atoms with Gasteiger partial charge in [-0.2, -0.15) is 0 Å². The molecule has 1 amide bonds. The maximum Gasteiger partial charge on any atom is 0.316 e. The highest BCUT2D eigenvalue weighted by Crippen LogP contribution is 2.44. The summed E-state index contributed by atoms with van der Waals surface area (Å²) < 4.78 is 4.97. The Balaban J connectivity index is 1.75. The average molecular weight is 323 g/mol. The average Bonchev–Trinajstić information content (AvgIpc) is 2.55. The lowest BCUT2D eigenvalue weighted by Crippen LogP contribution is -2.43. The number of anilines is 1. The smallest absolute Gasteiger partial charge is 0.316 e. The van der Waals surface area contributed by atoms with Gasteiger partial charge in [0.25, 0.3) is 5.91 Å². The van der Waals surface area contributed by atoms with Gasteiger partial charge in [-0.15, -0.1) is 0 Å². The molecule has 124 valence electrons. The Kier molecular flexibility index (Phi) is 4.38. The van der Waals surface area contributed by atoms with Crippen LogP contribution < -0.4 is 5.32 Å². The molecule has 0 saturated heterocycles. The first-order valence-electron chi connectivity index (χ1n) is 8.12. The van der Waals surface area contributed by atoms with Crippen molar-refractivity contribution in [3.63, 3.8) is 0 Å². The molecule has 0 radical (unpaired) electrons. The van der Waals surface area contributed by atoms with Gasteiger partial charge in [-0.05, 0) is 49.6 Å². The summed E-state index contributed by atoms with van der Waals surface area (Å²) in [6.45, 7) is 1.95. The van der Waals surface area contributed by atoms with Crippen LogP contribution in [0.15, 0.2) is 48.5 Å².